The van der Waals surface area contributed by atoms with Crippen molar-refractivity contribution >= 4 is 23.4 Å². The van der Waals surface area contributed by atoms with Crippen LogP contribution in [0.1, 0.15) is 0 Å². The predicted octanol–water partition coefficient (Wildman–Crippen LogP) is 4.32. The Bertz CT molecular complexity index is 837. The van der Waals surface area contributed by atoms with Gasteiger partial charge in [-0.1, -0.05) is 35.5 Å². The zero-order valence-electron chi connectivity index (χ0n) is 14.0. The van der Waals surface area contributed by atoms with E-state index < -0.39 is 0 Å². The molecule has 3 aromatic rings. The van der Waals surface area contributed by atoms with Crippen molar-refractivity contribution in [3.63, 3.8) is 0 Å². The Kier molecular flexibility index (Phi) is 5.83. The van der Waals surface area contributed by atoms with Crippen LogP contribution in [0.3, 0.4) is 0 Å². The summed E-state index contributed by atoms with van der Waals surface area (Å²) in [7, 11) is 3.60. The third-order valence-electron chi connectivity index (χ3n) is 3.58. The number of ether oxygens (including phenoxy) is 2. The van der Waals surface area contributed by atoms with Gasteiger partial charge in [-0.3, -0.25) is 0 Å². The second-order valence-corrected chi connectivity index (χ2v) is 6.71. The van der Waals surface area contributed by atoms with E-state index in [9.17, 15) is 0 Å². The number of nitrogens with zero attached hydrogens (tertiary/aromatic N) is 3. The maximum Gasteiger partial charge on any atom is 0.191 e. The lowest BCUT2D eigenvalue weighted by atomic mass is 10.2. The van der Waals surface area contributed by atoms with Gasteiger partial charge in [0.25, 0.3) is 0 Å². The Morgan fingerprint density at radius 3 is 2.60 bits per heavy atom. The summed E-state index contributed by atoms with van der Waals surface area (Å²) >= 11 is 7.45. The zero-order chi connectivity index (χ0) is 17.6. The quantitative estimate of drug-likeness (QED) is 0.454. The molecule has 0 aliphatic heterocycles. The topological polar surface area (TPSA) is 49.2 Å². The molecule has 0 aliphatic rings. The van der Waals surface area contributed by atoms with Gasteiger partial charge in [-0.05, 0) is 36.4 Å². The summed E-state index contributed by atoms with van der Waals surface area (Å²) in [5.74, 6) is 3.12. The van der Waals surface area contributed by atoms with E-state index in [1.807, 2.05) is 60.1 Å². The molecule has 1 heterocycles. The summed E-state index contributed by atoms with van der Waals surface area (Å²) in [6, 6.07) is 15.1. The molecule has 0 amide bonds. The van der Waals surface area contributed by atoms with Crippen LogP contribution in [-0.4, -0.2) is 34.2 Å². The van der Waals surface area contributed by atoms with Gasteiger partial charge in [0.05, 0.1) is 19.3 Å². The van der Waals surface area contributed by atoms with E-state index in [-0.39, 0.29) is 0 Å². The first-order valence-corrected chi connectivity index (χ1v) is 9.09. The van der Waals surface area contributed by atoms with Gasteiger partial charge in [-0.2, -0.15) is 0 Å². The van der Waals surface area contributed by atoms with Gasteiger partial charge in [-0.25, -0.2) is 0 Å². The number of hydrogen-bond donors (Lipinski definition) is 0. The zero-order valence-corrected chi connectivity index (χ0v) is 15.5. The van der Waals surface area contributed by atoms with Crippen molar-refractivity contribution in [2.75, 3.05) is 19.5 Å². The molecule has 25 heavy (non-hydrogen) atoms. The number of hydrogen-bond acceptors (Lipinski definition) is 5. The van der Waals surface area contributed by atoms with Gasteiger partial charge in [0.2, 0.25) is 0 Å². The van der Waals surface area contributed by atoms with Crippen LogP contribution >= 0.6 is 23.4 Å². The van der Waals surface area contributed by atoms with Crippen LogP contribution in [0.25, 0.3) is 11.4 Å². The third-order valence-corrected chi connectivity index (χ3v) is 4.82. The molecular formula is C18H18ClN3O2S. The SMILES string of the molecule is COc1ccccc1-c1nnc(SCCOc2ccc(Cl)cc2)n1C. The van der Waals surface area contributed by atoms with E-state index in [0.29, 0.717) is 11.6 Å². The molecule has 0 N–H and O–H groups in total. The number of methoxy groups -OCH3 is 1. The molecule has 0 bridgehead atoms. The molecule has 0 unspecified atom stereocenters. The van der Waals surface area contributed by atoms with Gasteiger partial charge in [-0.15, -0.1) is 10.2 Å². The van der Waals surface area contributed by atoms with Gasteiger partial charge < -0.3 is 14.0 Å². The number of halogens is 1. The molecule has 0 fully saturated rings. The number of thioether (sulfide) groups is 1. The summed E-state index contributed by atoms with van der Waals surface area (Å²) in [6.45, 7) is 0.573. The molecular weight excluding hydrogens is 358 g/mol. The molecule has 0 aliphatic carbocycles. The Morgan fingerprint density at radius 2 is 1.84 bits per heavy atom. The molecule has 0 radical (unpaired) electrons. The highest BCUT2D eigenvalue weighted by molar-refractivity contribution is 7.99. The molecule has 0 saturated carbocycles. The van der Waals surface area contributed by atoms with E-state index in [1.165, 1.54) is 0 Å². The van der Waals surface area contributed by atoms with Gasteiger partial charge in [0.1, 0.15) is 11.5 Å². The summed E-state index contributed by atoms with van der Waals surface area (Å²) < 4.78 is 13.1. The Labute approximate surface area is 155 Å². The highest BCUT2D eigenvalue weighted by Crippen LogP contribution is 2.29. The average Bonchev–Trinajstić information content (AvgIpc) is 3.00. The minimum Gasteiger partial charge on any atom is -0.496 e. The van der Waals surface area contributed by atoms with Gasteiger partial charge in [0, 0.05) is 17.8 Å². The second kappa shape index (κ2) is 8.27. The fourth-order valence-electron chi connectivity index (χ4n) is 2.33. The Balaban J connectivity index is 1.61. The molecule has 2 aromatic carbocycles. The fourth-order valence-corrected chi connectivity index (χ4v) is 3.18. The number of benzene rings is 2. The first-order valence-electron chi connectivity index (χ1n) is 7.73. The molecule has 0 saturated heterocycles. The van der Waals surface area contributed by atoms with Crippen molar-refractivity contribution < 1.29 is 9.47 Å². The van der Waals surface area contributed by atoms with E-state index in [2.05, 4.69) is 10.2 Å². The maximum absolute atomic E-state index is 5.86. The van der Waals surface area contributed by atoms with Crippen LogP contribution in [0.15, 0.2) is 53.7 Å². The van der Waals surface area contributed by atoms with Crippen molar-refractivity contribution in [2.24, 2.45) is 7.05 Å². The number of para-hydroxylation sites is 1. The highest BCUT2D eigenvalue weighted by atomic mass is 35.5. The van der Waals surface area contributed by atoms with Crippen LogP contribution in [0.2, 0.25) is 5.02 Å². The molecule has 3 rings (SSSR count). The predicted molar refractivity (Wildman–Crippen MR) is 101 cm³/mol. The molecule has 0 spiro atoms. The molecule has 0 atom stereocenters. The molecule has 5 nitrogen and oxygen atoms in total. The largest absolute Gasteiger partial charge is 0.496 e. The second-order valence-electron chi connectivity index (χ2n) is 5.22. The lowest BCUT2D eigenvalue weighted by Gasteiger charge is -2.08. The van der Waals surface area contributed by atoms with Crippen LogP contribution in [0.5, 0.6) is 11.5 Å². The van der Waals surface area contributed by atoms with Crippen LogP contribution in [0.4, 0.5) is 0 Å². The Morgan fingerprint density at radius 1 is 1.08 bits per heavy atom. The minimum atomic E-state index is 0.573. The van der Waals surface area contributed by atoms with Crippen LogP contribution in [0, 0.1) is 0 Å². The van der Waals surface area contributed by atoms with Crippen LogP contribution < -0.4 is 9.47 Å². The van der Waals surface area contributed by atoms with E-state index in [0.717, 1.165) is 33.8 Å². The third kappa shape index (κ3) is 4.27. The summed E-state index contributed by atoms with van der Waals surface area (Å²) in [5, 5.41) is 10.1. The fraction of sp³-hybridized carbons (Fsp3) is 0.222. The number of aromatic nitrogens is 3. The summed E-state index contributed by atoms with van der Waals surface area (Å²) in [4.78, 5) is 0. The van der Waals surface area contributed by atoms with Gasteiger partial charge in [0.15, 0.2) is 11.0 Å². The lowest BCUT2D eigenvalue weighted by Crippen LogP contribution is -2.02. The monoisotopic (exact) mass is 375 g/mol. The average molecular weight is 376 g/mol. The summed E-state index contributed by atoms with van der Waals surface area (Å²) in [6.07, 6.45) is 0. The standard InChI is InChI=1S/C18H18ClN3O2S/c1-22-17(15-5-3-4-6-16(15)23-2)20-21-18(22)25-12-11-24-14-9-7-13(19)8-10-14/h3-10H,11-12H2,1-2H3. The van der Waals surface area contributed by atoms with E-state index in [4.69, 9.17) is 21.1 Å². The molecule has 130 valence electrons. The van der Waals surface area contributed by atoms with E-state index in [1.54, 1.807) is 18.9 Å². The lowest BCUT2D eigenvalue weighted by molar-refractivity contribution is 0.344. The maximum atomic E-state index is 5.86. The highest BCUT2D eigenvalue weighted by Gasteiger charge is 2.14. The van der Waals surface area contributed by atoms with Crippen molar-refractivity contribution in [2.45, 2.75) is 5.16 Å². The first-order chi connectivity index (χ1) is 12.2. The normalized spacial score (nSPS) is 10.7. The van der Waals surface area contributed by atoms with Gasteiger partial charge >= 0.3 is 0 Å². The van der Waals surface area contributed by atoms with Crippen molar-refractivity contribution in [1.29, 1.82) is 0 Å². The number of rotatable bonds is 7. The van der Waals surface area contributed by atoms with Crippen molar-refractivity contribution in [3.05, 3.63) is 53.6 Å². The first kappa shape index (κ1) is 17.6. The molecule has 7 heteroatoms. The summed E-state index contributed by atoms with van der Waals surface area (Å²) in [5.41, 5.74) is 0.921. The van der Waals surface area contributed by atoms with E-state index >= 15 is 0 Å². The molecule has 1 aromatic heterocycles. The smallest absolute Gasteiger partial charge is 0.191 e. The van der Waals surface area contributed by atoms with Crippen molar-refractivity contribution in [1.82, 2.24) is 14.8 Å². The minimum absolute atomic E-state index is 0.573. The van der Waals surface area contributed by atoms with Crippen molar-refractivity contribution in [3.8, 4) is 22.9 Å². The van der Waals surface area contributed by atoms with Crippen LogP contribution in [-0.2, 0) is 7.05 Å². The Hall–Kier alpha value is -2.18.